The van der Waals surface area contributed by atoms with Crippen LogP contribution in [0.5, 0.6) is 0 Å². The lowest BCUT2D eigenvalue weighted by Crippen LogP contribution is -2.37. The van der Waals surface area contributed by atoms with Crippen LogP contribution in [0.4, 0.5) is 0 Å². The summed E-state index contributed by atoms with van der Waals surface area (Å²) in [5.41, 5.74) is 1.48. The van der Waals surface area contributed by atoms with Gasteiger partial charge in [-0.1, -0.05) is 24.3 Å². The van der Waals surface area contributed by atoms with Gasteiger partial charge in [-0.2, -0.15) is 0 Å². The Balaban J connectivity index is 2.66. The lowest BCUT2D eigenvalue weighted by Gasteiger charge is -2.12. The quantitative estimate of drug-likeness (QED) is 0.727. The molecule has 106 valence electrons. The molecule has 0 aliphatic carbocycles. The predicted octanol–water partition coefficient (Wildman–Crippen LogP) is 0.160. The molecule has 0 aliphatic rings. The summed E-state index contributed by atoms with van der Waals surface area (Å²) in [5, 5.41) is 7.63. The highest BCUT2D eigenvalue weighted by atomic mass is 32.2. The molecule has 1 atom stereocenters. The second-order valence-corrected chi connectivity index (χ2v) is 6.09. The highest BCUT2D eigenvalue weighted by Crippen LogP contribution is 2.06. The van der Waals surface area contributed by atoms with Crippen LogP contribution >= 0.6 is 0 Å². The van der Waals surface area contributed by atoms with E-state index < -0.39 is 21.2 Å². The number of methoxy groups -OCH3 is 1. The molecule has 0 saturated heterocycles. The van der Waals surface area contributed by atoms with Gasteiger partial charge >= 0.3 is 5.97 Å². The number of carbonyl (C=O) groups excluding carboxylic acids is 1. The van der Waals surface area contributed by atoms with E-state index >= 15 is 0 Å². The van der Waals surface area contributed by atoms with E-state index in [-0.39, 0.29) is 13.2 Å². The molecule has 0 bridgehead atoms. The minimum atomic E-state index is -3.76. The van der Waals surface area contributed by atoms with Crippen molar-refractivity contribution in [3.05, 3.63) is 35.4 Å². The molecule has 1 rings (SSSR count). The number of esters is 1. The van der Waals surface area contributed by atoms with Gasteiger partial charge in [-0.3, -0.25) is 4.79 Å². The molecular weight excluding hydrogens is 270 g/mol. The van der Waals surface area contributed by atoms with Crippen LogP contribution in [0.1, 0.15) is 18.1 Å². The number of ether oxygens (including phenoxy) is 1. The summed E-state index contributed by atoms with van der Waals surface area (Å²) in [6.45, 7) is 1.28. The molecule has 6 nitrogen and oxygen atoms in total. The van der Waals surface area contributed by atoms with Gasteiger partial charge in [0.15, 0.2) is 5.25 Å². The van der Waals surface area contributed by atoms with Crippen molar-refractivity contribution in [1.29, 1.82) is 0 Å². The number of benzene rings is 1. The molecule has 0 fully saturated rings. The highest BCUT2D eigenvalue weighted by Gasteiger charge is 2.28. The van der Waals surface area contributed by atoms with Crippen LogP contribution in [-0.4, -0.2) is 31.9 Å². The van der Waals surface area contributed by atoms with E-state index in [0.29, 0.717) is 0 Å². The first kappa shape index (κ1) is 15.6. The predicted molar refractivity (Wildman–Crippen MR) is 69.6 cm³/mol. The molecule has 0 heterocycles. The van der Waals surface area contributed by atoms with Crippen molar-refractivity contribution in [2.24, 2.45) is 0 Å². The van der Waals surface area contributed by atoms with Crippen molar-refractivity contribution in [2.45, 2.75) is 25.3 Å². The summed E-state index contributed by atoms with van der Waals surface area (Å²) in [6, 6.07) is 6.81. The SMILES string of the molecule is COC(=O)C(C)S(=O)(=O)NCc1ccc(CO)cc1. The Bertz CT molecular complexity index is 524. The fourth-order valence-electron chi connectivity index (χ4n) is 1.36. The van der Waals surface area contributed by atoms with E-state index in [1.165, 1.54) is 6.92 Å². The van der Waals surface area contributed by atoms with Crippen LogP contribution in [-0.2, 0) is 32.7 Å². The molecule has 1 aromatic carbocycles. The van der Waals surface area contributed by atoms with Crippen LogP contribution in [0.2, 0.25) is 0 Å². The minimum absolute atomic E-state index is 0.0641. The Labute approximate surface area is 112 Å². The Morgan fingerprint density at radius 2 is 1.84 bits per heavy atom. The van der Waals surface area contributed by atoms with E-state index in [2.05, 4.69) is 9.46 Å². The van der Waals surface area contributed by atoms with Crippen LogP contribution in [0.15, 0.2) is 24.3 Å². The third-order valence-electron chi connectivity index (χ3n) is 2.68. The van der Waals surface area contributed by atoms with Gasteiger partial charge in [0.25, 0.3) is 0 Å². The first-order valence-electron chi connectivity index (χ1n) is 5.65. The molecular formula is C12H17NO5S. The molecule has 19 heavy (non-hydrogen) atoms. The van der Waals surface area contributed by atoms with Crippen LogP contribution in [0.25, 0.3) is 0 Å². The zero-order chi connectivity index (χ0) is 14.5. The number of hydrogen-bond acceptors (Lipinski definition) is 5. The molecule has 0 radical (unpaired) electrons. The van der Waals surface area contributed by atoms with Crippen LogP contribution in [0, 0.1) is 0 Å². The van der Waals surface area contributed by atoms with E-state index in [1.807, 2.05) is 0 Å². The summed E-state index contributed by atoms with van der Waals surface area (Å²) in [6.07, 6.45) is 0. The third kappa shape index (κ3) is 4.30. The van der Waals surface area contributed by atoms with Gasteiger partial charge in [0.2, 0.25) is 10.0 Å². The van der Waals surface area contributed by atoms with Crippen LogP contribution < -0.4 is 4.72 Å². The molecule has 2 N–H and O–H groups in total. The molecule has 0 aliphatic heterocycles. The first-order valence-corrected chi connectivity index (χ1v) is 7.20. The summed E-state index contributed by atoms with van der Waals surface area (Å²) < 4.78 is 30.3. The molecule has 1 aromatic rings. The van der Waals surface area contributed by atoms with Crippen molar-refractivity contribution >= 4 is 16.0 Å². The number of carbonyl (C=O) groups is 1. The average Bonchev–Trinajstić information content (AvgIpc) is 2.44. The van der Waals surface area contributed by atoms with Gasteiger partial charge in [-0.15, -0.1) is 0 Å². The van der Waals surface area contributed by atoms with E-state index in [9.17, 15) is 13.2 Å². The van der Waals surface area contributed by atoms with Crippen molar-refractivity contribution in [3.63, 3.8) is 0 Å². The number of sulfonamides is 1. The Kier molecular flexibility index (Phi) is 5.46. The number of nitrogens with one attached hydrogen (secondary N) is 1. The van der Waals surface area contributed by atoms with Gasteiger partial charge in [0, 0.05) is 6.54 Å². The summed E-state index contributed by atoms with van der Waals surface area (Å²) >= 11 is 0. The minimum Gasteiger partial charge on any atom is -0.468 e. The van der Waals surface area contributed by atoms with Gasteiger partial charge in [-0.05, 0) is 18.1 Å². The lowest BCUT2D eigenvalue weighted by atomic mass is 10.1. The lowest BCUT2D eigenvalue weighted by molar-refractivity contribution is -0.139. The maximum Gasteiger partial charge on any atom is 0.325 e. The van der Waals surface area contributed by atoms with Gasteiger partial charge < -0.3 is 9.84 Å². The van der Waals surface area contributed by atoms with Crippen LogP contribution in [0.3, 0.4) is 0 Å². The summed E-state index contributed by atoms with van der Waals surface area (Å²) in [4.78, 5) is 11.2. The molecule has 0 saturated carbocycles. The van der Waals surface area contributed by atoms with Crippen molar-refractivity contribution in [1.82, 2.24) is 4.72 Å². The number of rotatable bonds is 6. The molecule has 1 unspecified atom stereocenters. The molecule has 0 aromatic heterocycles. The molecule has 0 amide bonds. The smallest absolute Gasteiger partial charge is 0.325 e. The molecule has 7 heteroatoms. The third-order valence-corrected chi connectivity index (χ3v) is 4.35. The van der Waals surface area contributed by atoms with E-state index in [1.54, 1.807) is 24.3 Å². The first-order chi connectivity index (χ1) is 8.90. The monoisotopic (exact) mass is 287 g/mol. The van der Waals surface area contributed by atoms with E-state index in [4.69, 9.17) is 5.11 Å². The number of hydrogen-bond donors (Lipinski definition) is 2. The Morgan fingerprint density at radius 1 is 1.32 bits per heavy atom. The van der Waals surface area contributed by atoms with E-state index in [0.717, 1.165) is 18.2 Å². The van der Waals surface area contributed by atoms with Crippen molar-refractivity contribution < 1.29 is 23.1 Å². The van der Waals surface area contributed by atoms with Gasteiger partial charge in [-0.25, -0.2) is 13.1 Å². The summed E-state index contributed by atoms with van der Waals surface area (Å²) in [7, 11) is -2.62. The second-order valence-electron chi connectivity index (χ2n) is 4.01. The second kappa shape index (κ2) is 6.65. The zero-order valence-electron chi connectivity index (χ0n) is 10.8. The van der Waals surface area contributed by atoms with Gasteiger partial charge in [0.05, 0.1) is 13.7 Å². The highest BCUT2D eigenvalue weighted by molar-refractivity contribution is 7.90. The Hall–Kier alpha value is -1.44. The number of aliphatic hydroxyl groups is 1. The average molecular weight is 287 g/mol. The largest absolute Gasteiger partial charge is 0.468 e. The van der Waals surface area contributed by atoms with Gasteiger partial charge in [0.1, 0.15) is 0 Å². The summed E-state index contributed by atoms with van der Waals surface area (Å²) in [5.74, 6) is -0.803. The standard InChI is InChI=1S/C12H17NO5S/c1-9(12(15)18-2)19(16,17)13-7-10-3-5-11(8-14)6-4-10/h3-6,9,13-14H,7-8H2,1-2H3. The fourth-order valence-corrected chi connectivity index (χ4v) is 2.33. The Morgan fingerprint density at radius 3 is 2.32 bits per heavy atom. The normalized spacial score (nSPS) is 13.0. The fraction of sp³-hybridized carbons (Fsp3) is 0.417. The van der Waals surface area contributed by atoms with Crippen molar-refractivity contribution in [2.75, 3.05) is 7.11 Å². The van der Waals surface area contributed by atoms with Crippen molar-refractivity contribution in [3.8, 4) is 0 Å². The topological polar surface area (TPSA) is 92.7 Å². The zero-order valence-corrected chi connectivity index (χ0v) is 11.6. The molecule has 0 spiro atoms. The maximum atomic E-state index is 11.8. The maximum absolute atomic E-state index is 11.8. The number of aliphatic hydroxyl groups excluding tert-OH is 1.